The highest BCUT2D eigenvalue weighted by molar-refractivity contribution is 9.10. The van der Waals surface area contributed by atoms with Gasteiger partial charge in [0.1, 0.15) is 16.2 Å². The summed E-state index contributed by atoms with van der Waals surface area (Å²) in [6, 6.07) is 1.92. The highest BCUT2D eigenvalue weighted by Crippen LogP contribution is 2.17. The molecule has 5 nitrogen and oxygen atoms in total. The molecule has 108 valence electrons. The number of imidazole rings is 1. The third-order valence-corrected chi connectivity index (χ3v) is 3.34. The molecular formula is C14H20BrN5. The lowest BCUT2D eigenvalue weighted by Gasteiger charge is -2.09. The second kappa shape index (κ2) is 7.38. The van der Waals surface area contributed by atoms with E-state index in [-0.39, 0.29) is 0 Å². The van der Waals surface area contributed by atoms with Crippen LogP contribution in [-0.4, -0.2) is 26.1 Å². The zero-order valence-electron chi connectivity index (χ0n) is 11.9. The summed E-state index contributed by atoms with van der Waals surface area (Å²) in [5.41, 5.74) is 0. The number of aryl methyl sites for hydroxylation is 1. The Kier molecular flexibility index (Phi) is 5.52. The second-order valence-electron chi connectivity index (χ2n) is 5.02. The Hall–Kier alpha value is -1.43. The van der Waals surface area contributed by atoms with Crippen molar-refractivity contribution in [3.8, 4) is 0 Å². The minimum absolute atomic E-state index is 0.328. The predicted octanol–water partition coefficient (Wildman–Crippen LogP) is 3.45. The number of nitrogens with zero attached hydrogens (tertiary/aromatic N) is 4. The maximum absolute atomic E-state index is 4.51. The highest BCUT2D eigenvalue weighted by atomic mass is 79.9. The highest BCUT2D eigenvalue weighted by Gasteiger charge is 2.06. The lowest BCUT2D eigenvalue weighted by atomic mass is 10.2. The first-order chi connectivity index (χ1) is 9.65. The molecule has 6 heteroatoms. The molecule has 0 saturated carbocycles. The molecule has 0 fully saturated rings. The van der Waals surface area contributed by atoms with Gasteiger partial charge >= 0.3 is 0 Å². The minimum Gasteiger partial charge on any atom is -0.370 e. The summed E-state index contributed by atoms with van der Waals surface area (Å²) in [7, 11) is 0. The summed E-state index contributed by atoms with van der Waals surface area (Å²) >= 11 is 3.43. The average Bonchev–Trinajstić information content (AvgIpc) is 2.91. The first-order valence-corrected chi connectivity index (χ1v) is 7.68. The lowest BCUT2D eigenvalue weighted by molar-refractivity contribution is 0.620. The molecule has 0 aromatic carbocycles. The van der Waals surface area contributed by atoms with E-state index in [2.05, 4.69) is 54.6 Å². The summed E-state index contributed by atoms with van der Waals surface area (Å²) in [6.07, 6.45) is 7.86. The number of hydrogen-bond acceptors (Lipinski definition) is 4. The molecular weight excluding hydrogens is 318 g/mol. The smallest absolute Gasteiger partial charge is 0.134 e. The molecule has 0 bridgehead atoms. The van der Waals surface area contributed by atoms with Gasteiger partial charge in [0.05, 0.1) is 6.33 Å². The molecule has 20 heavy (non-hydrogen) atoms. The van der Waals surface area contributed by atoms with Crippen LogP contribution in [0.3, 0.4) is 0 Å². The fourth-order valence-corrected chi connectivity index (χ4v) is 2.24. The Morgan fingerprint density at radius 1 is 1.30 bits per heavy atom. The van der Waals surface area contributed by atoms with Crippen molar-refractivity contribution in [3.63, 3.8) is 0 Å². The van der Waals surface area contributed by atoms with Gasteiger partial charge in [-0.05, 0) is 28.8 Å². The van der Waals surface area contributed by atoms with Crippen LogP contribution < -0.4 is 5.32 Å². The van der Waals surface area contributed by atoms with Gasteiger partial charge in [-0.1, -0.05) is 13.8 Å². The van der Waals surface area contributed by atoms with Crippen molar-refractivity contribution in [2.75, 3.05) is 11.9 Å². The predicted molar refractivity (Wildman–Crippen MR) is 83.8 cm³/mol. The Balaban J connectivity index is 1.76. The number of anilines is 1. The van der Waals surface area contributed by atoms with Crippen LogP contribution in [0.15, 0.2) is 29.4 Å². The molecule has 0 aliphatic heterocycles. The molecule has 0 amide bonds. The van der Waals surface area contributed by atoms with Crippen molar-refractivity contribution < 1.29 is 0 Å². The summed E-state index contributed by atoms with van der Waals surface area (Å²) in [6.45, 7) is 6.11. The summed E-state index contributed by atoms with van der Waals surface area (Å²) in [5.74, 6) is 2.08. The van der Waals surface area contributed by atoms with E-state index in [0.717, 1.165) is 42.2 Å². The molecule has 0 aliphatic carbocycles. The molecule has 2 rings (SSSR count). The average molecular weight is 338 g/mol. The zero-order chi connectivity index (χ0) is 14.4. The molecule has 0 spiro atoms. The van der Waals surface area contributed by atoms with E-state index < -0.39 is 0 Å². The fraction of sp³-hybridized carbons (Fsp3) is 0.500. The molecule has 2 aromatic heterocycles. The number of halogens is 1. The van der Waals surface area contributed by atoms with Crippen molar-refractivity contribution in [1.82, 2.24) is 19.5 Å². The van der Waals surface area contributed by atoms with Gasteiger partial charge in [0, 0.05) is 37.5 Å². The van der Waals surface area contributed by atoms with Crippen LogP contribution >= 0.6 is 15.9 Å². The molecule has 2 aromatic rings. The molecule has 0 aliphatic rings. The van der Waals surface area contributed by atoms with Crippen LogP contribution in [0.4, 0.5) is 5.82 Å². The van der Waals surface area contributed by atoms with Crippen LogP contribution in [0.1, 0.15) is 38.4 Å². The van der Waals surface area contributed by atoms with E-state index in [4.69, 9.17) is 0 Å². The third kappa shape index (κ3) is 4.59. The van der Waals surface area contributed by atoms with Gasteiger partial charge in [0.15, 0.2) is 0 Å². The number of hydrogen-bond donors (Lipinski definition) is 1. The topological polar surface area (TPSA) is 55.6 Å². The van der Waals surface area contributed by atoms with E-state index in [1.54, 1.807) is 0 Å². The van der Waals surface area contributed by atoms with Crippen LogP contribution in [0.5, 0.6) is 0 Å². The molecule has 2 heterocycles. The van der Waals surface area contributed by atoms with E-state index >= 15 is 0 Å². The molecule has 0 unspecified atom stereocenters. The number of rotatable bonds is 7. The van der Waals surface area contributed by atoms with E-state index in [9.17, 15) is 0 Å². The van der Waals surface area contributed by atoms with Gasteiger partial charge in [-0.2, -0.15) is 0 Å². The number of aromatic nitrogens is 4. The SMILES string of the molecule is CC(C)c1nc(Br)cc(NCCCCn2ccnc2)n1. The fourth-order valence-electron chi connectivity index (χ4n) is 1.84. The Morgan fingerprint density at radius 2 is 2.15 bits per heavy atom. The van der Waals surface area contributed by atoms with E-state index in [1.807, 2.05) is 24.8 Å². The van der Waals surface area contributed by atoms with Crippen LogP contribution in [0.25, 0.3) is 0 Å². The summed E-state index contributed by atoms with van der Waals surface area (Å²) < 4.78 is 2.93. The number of unbranched alkanes of at least 4 members (excludes halogenated alkanes) is 1. The molecule has 1 N–H and O–H groups in total. The molecule has 0 atom stereocenters. The zero-order valence-corrected chi connectivity index (χ0v) is 13.5. The van der Waals surface area contributed by atoms with Gasteiger partial charge < -0.3 is 9.88 Å². The van der Waals surface area contributed by atoms with Crippen molar-refractivity contribution in [3.05, 3.63) is 35.2 Å². The largest absolute Gasteiger partial charge is 0.370 e. The molecule has 0 saturated heterocycles. The summed E-state index contributed by atoms with van der Waals surface area (Å²) in [4.78, 5) is 12.9. The van der Waals surface area contributed by atoms with Gasteiger partial charge in [0.25, 0.3) is 0 Å². The van der Waals surface area contributed by atoms with Crippen LogP contribution in [-0.2, 0) is 6.54 Å². The maximum Gasteiger partial charge on any atom is 0.134 e. The van der Waals surface area contributed by atoms with E-state index in [0.29, 0.717) is 5.92 Å². The Morgan fingerprint density at radius 3 is 2.85 bits per heavy atom. The van der Waals surface area contributed by atoms with Crippen LogP contribution in [0, 0.1) is 0 Å². The van der Waals surface area contributed by atoms with Crippen molar-refractivity contribution in [2.24, 2.45) is 0 Å². The maximum atomic E-state index is 4.51. The van der Waals surface area contributed by atoms with Crippen molar-refractivity contribution >= 4 is 21.7 Å². The van der Waals surface area contributed by atoms with E-state index in [1.165, 1.54) is 0 Å². The third-order valence-electron chi connectivity index (χ3n) is 2.94. The monoisotopic (exact) mass is 337 g/mol. The normalized spacial score (nSPS) is 11.0. The number of nitrogens with one attached hydrogen (secondary N) is 1. The van der Waals surface area contributed by atoms with Crippen LogP contribution in [0.2, 0.25) is 0 Å². The van der Waals surface area contributed by atoms with Gasteiger partial charge in [-0.15, -0.1) is 0 Å². The molecule has 0 radical (unpaired) electrons. The minimum atomic E-state index is 0.328. The van der Waals surface area contributed by atoms with Crippen molar-refractivity contribution in [1.29, 1.82) is 0 Å². The standard InChI is InChI=1S/C14H20BrN5/c1-11(2)14-18-12(15)9-13(19-14)17-5-3-4-7-20-8-6-16-10-20/h6,8-11H,3-5,7H2,1-2H3,(H,17,18,19). The summed E-state index contributed by atoms with van der Waals surface area (Å²) in [5, 5.41) is 3.35. The first kappa shape index (κ1) is 15.0. The quantitative estimate of drug-likeness (QED) is 0.621. The van der Waals surface area contributed by atoms with Gasteiger partial charge in [-0.3, -0.25) is 0 Å². The second-order valence-corrected chi connectivity index (χ2v) is 5.84. The van der Waals surface area contributed by atoms with Crippen molar-refractivity contribution in [2.45, 2.75) is 39.2 Å². The van der Waals surface area contributed by atoms with Gasteiger partial charge in [0.2, 0.25) is 0 Å². The lowest BCUT2D eigenvalue weighted by Crippen LogP contribution is -2.08. The Labute approximate surface area is 128 Å². The Bertz CT molecular complexity index is 524. The van der Waals surface area contributed by atoms with Gasteiger partial charge in [-0.25, -0.2) is 15.0 Å². The first-order valence-electron chi connectivity index (χ1n) is 6.89.